The maximum absolute atomic E-state index is 10.4. The molecule has 0 radical (unpaired) electrons. The van der Waals surface area contributed by atoms with E-state index in [1.165, 1.54) is 6.92 Å². The second-order valence-electron chi connectivity index (χ2n) is 9.21. The summed E-state index contributed by atoms with van der Waals surface area (Å²) in [5.41, 5.74) is 0. The Labute approximate surface area is 202 Å². The molecule has 0 aromatic rings. The van der Waals surface area contributed by atoms with Crippen LogP contribution < -0.4 is 0 Å². The second kappa shape index (κ2) is 12.8. The van der Waals surface area contributed by atoms with E-state index in [4.69, 9.17) is 28.7 Å². The summed E-state index contributed by atoms with van der Waals surface area (Å²) < 4.78 is 22.5. The third-order valence-electron chi connectivity index (χ3n) is 6.61. The summed E-state index contributed by atoms with van der Waals surface area (Å²) in [7, 11) is 0. The molecule has 3 saturated heterocycles. The first-order valence-corrected chi connectivity index (χ1v) is 11.9. The number of aliphatic hydroxyl groups is 8. The molecule has 0 spiro atoms. The zero-order valence-electron chi connectivity index (χ0n) is 19.6. The molecule has 206 valence electrons. The Hall–Kier alpha value is -0.560. The molecule has 14 nitrogen and oxygen atoms in total. The summed E-state index contributed by atoms with van der Waals surface area (Å²) >= 11 is 0. The van der Waals surface area contributed by atoms with Crippen LogP contribution in [-0.4, -0.2) is 140 Å². The molecule has 3 heterocycles. The zero-order chi connectivity index (χ0) is 25.9. The molecule has 0 aromatic heterocycles. The maximum Gasteiger partial charge on any atom is 0.220 e. The maximum atomic E-state index is 10.4. The van der Waals surface area contributed by atoms with Crippen molar-refractivity contribution in [3.05, 3.63) is 0 Å². The van der Waals surface area contributed by atoms with Crippen molar-refractivity contribution in [2.75, 3.05) is 13.2 Å². The predicted octanol–water partition coefficient (Wildman–Crippen LogP) is -3.73. The molecule has 0 saturated carbocycles. The first-order valence-electron chi connectivity index (χ1n) is 11.9. The van der Waals surface area contributed by atoms with E-state index in [2.05, 4.69) is 0 Å². The third kappa shape index (κ3) is 6.48. The van der Waals surface area contributed by atoms with E-state index >= 15 is 0 Å². The molecule has 3 rings (SSSR count). The van der Waals surface area contributed by atoms with Gasteiger partial charge in [0.1, 0.15) is 61.0 Å². The first kappa shape index (κ1) is 29.0. The van der Waals surface area contributed by atoms with Crippen LogP contribution in [-0.2, 0) is 28.7 Å². The quantitative estimate of drug-likeness (QED) is 0.110. The van der Waals surface area contributed by atoms with Crippen molar-refractivity contribution in [3.63, 3.8) is 0 Å². The molecule has 3 aliphatic rings. The first-order chi connectivity index (χ1) is 16.6. The molecule has 3 fully saturated rings. The van der Waals surface area contributed by atoms with Crippen LogP contribution in [0.15, 0.2) is 0 Å². The Balaban J connectivity index is 1.75. The Morgan fingerprint density at radius 3 is 1.97 bits per heavy atom. The molecule has 8 N–H and O–H groups in total. The van der Waals surface area contributed by atoms with E-state index in [0.29, 0.717) is 6.42 Å². The fourth-order valence-corrected chi connectivity index (χ4v) is 4.49. The highest BCUT2D eigenvalue weighted by Gasteiger charge is 2.49. The summed E-state index contributed by atoms with van der Waals surface area (Å²) in [6.07, 6.45) is -16.3. The van der Waals surface area contributed by atoms with Gasteiger partial charge in [0.05, 0.1) is 25.4 Å². The van der Waals surface area contributed by atoms with Crippen LogP contribution in [0.2, 0.25) is 0 Å². The fraction of sp³-hybridized carbons (Fsp3) is 1.00. The Kier molecular flexibility index (Phi) is 10.6. The van der Waals surface area contributed by atoms with Crippen molar-refractivity contribution in [1.82, 2.24) is 0 Å². The summed E-state index contributed by atoms with van der Waals surface area (Å²) in [6.45, 7) is 2.27. The van der Waals surface area contributed by atoms with Crippen molar-refractivity contribution < 1.29 is 69.6 Å². The van der Waals surface area contributed by atoms with Crippen LogP contribution in [0, 0.1) is 0 Å². The van der Waals surface area contributed by atoms with E-state index in [-0.39, 0.29) is 12.5 Å². The van der Waals surface area contributed by atoms with Gasteiger partial charge in [-0.1, -0.05) is 13.3 Å². The lowest BCUT2D eigenvalue weighted by molar-refractivity contribution is -0.456. The standard InChI is InChI=1S/C21H38O14/c1-3-4-9-5-10(34-35-21-18(29)15(26)13(24)8(2)30-21)19(12(7-23)31-9)33-20-17(28)16(27)14(25)11(6-22)32-20/h8-29H,3-7H2,1-2H3/t8-,9+,10+,11+,12+,13+,14-,15+,16-,17+,18-,19-,20-,21-/m0/s1. The number of hydrogen-bond acceptors (Lipinski definition) is 14. The molecule has 0 bridgehead atoms. The highest BCUT2D eigenvalue weighted by Crippen LogP contribution is 2.32. The molecule has 14 heteroatoms. The number of hydrogen-bond donors (Lipinski definition) is 8. The van der Waals surface area contributed by atoms with Gasteiger partial charge in [-0.05, 0) is 13.3 Å². The molecule has 14 atom stereocenters. The van der Waals surface area contributed by atoms with Crippen LogP contribution >= 0.6 is 0 Å². The van der Waals surface area contributed by atoms with Crippen molar-refractivity contribution in [3.8, 4) is 0 Å². The molecule has 0 aromatic carbocycles. The number of rotatable bonds is 9. The van der Waals surface area contributed by atoms with Gasteiger partial charge in [0, 0.05) is 6.42 Å². The van der Waals surface area contributed by atoms with Crippen LogP contribution in [0.4, 0.5) is 0 Å². The molecule has 0 amide bonds. The van der Waals surface area contributed by atoms with Crippen molar-refractivity contribution in [2.24, 2.45) is 0 Å². The highest BCUT2D eigenvalue weighted by atomic mass is 17.2. The largest absolute Gasteiger partial charge is 0.394 e. The fourth-order valence-electron chi connectivity index (χ4n) is 4.49. The molecular weight excluding hydrogens is 476 g/mol. The Morgan fingerprint density at radius 2 is 1.34 bits per heavy atom. The monoisotopic (exact) mass is 514 g/mol. The lowest BCUT2D eigenvalue weighted by atomic mass is 9.95. The van der Waals surface area contributed by atoms with Gasteiger partial charge in [0.25, 0.3) is 0 Å². The van der Waals surface area contributed by atoms with Gasteiger partial charge in [-0.2, -0.15) is 0 Å². The highest BCUT2D eigenvalue weighted by molar-refractivity contribution is 4.93. The molecule has 3 aliphatic heterocycles. The smallest absolute Gasteiger partial charge is 0.220 e. The molecule has 0 unspecified atom stereocenters. The average Bonchev–Trinajstić information content (AvgIpc) is 2.85. The number of ether oxygens (including phenoxy) is 4. The summed E-state index contributed by atoms with van der Waals surface area (Å²) in [4.78, 5) is 10.8. The lowest BCUT2D eigenvalue weighted by Gasteiger charge is -2.45. The lowest BCUT2D eigenvalue weighted by Crippen LogP contribution is -2.62. The summed E-state index contributed by atoms with van der Waals surface area (Å²) in [5.74, 6) is 0. The Morgan fingerprint density at radius 1 is 0.714 bits per heavy atom. The van der Waals surface area contributed by atoms with Gasteiger partial charge in [-0.3, -0.25) is 0 Å². The average molecular weight is 515 g/mol. The minimum Gasteiger partial charge on any atom is -0.394 e. The van der Waals surface area contributed by atoms with Crippen molar-refractivity contribution >= 4 is 0 Å². The SMILES string of the molecule is CCC[C@@H]1C[C@@H](OO[C@@H]2O[C@@H](C)[C@@H](O)[C@@H](O)[C@@H]2O)[C@H](O[C@@H]2O[C@H](CO)[C@H](O)[C@H](O)[C@H]2O)[C@@H](CO)O1. The number of aliphatic hydroxyl groups excluding tert-OH is 8. The van der Waals surface area contributed by atoms with Gasteiger partial charge in [-0.25, -0.2) is 9.78 Å². The van der Waals surface area contributed by atoms with Crippen LogP contribution in [0.3, 0.4) is 0 Å². The van der Waals surface area contributed by atoms with Crippen LogP contribution in [0.25, 0.3) is 0 Å². The second-order valence-corrected chi connectivity index (χ2v) is 9.21. The minimum atomic E-state index is -1.69. The van der Waals surface area contributed by atoms with Crippen LogP contribution in [0.5, 0.6) is 0 Å². The van der Waals surface area contributed by atoms with Gasteiger partial charge < -0.3 is 59.8 Å². The van der Waals surface area contributed by atoms with Gasteiger partial charge in [-0.15, -0.1) is 0 Å². The van der Waals surface area contributed by atoms with Crippen LogP contribution in [0.1, 0.15) is 33.1 Å². The predicted molar refractivity (Wildman–Crippen MR) is 112 cm³/mol. The van der Waals surface area contributed by atoms with E-state index in [1.807, 2.05) is 6.92 Å². The minimum absolute atomic E-state index is 0.204. The van der Waals surface area contributed by atoms with E-state index in [0.717, 1.165) is 6.42 Å². The normalized spacial score (nSPS) is 49.2. The van der Waals surface area contributed by atoms with E-state index < -0.39 is 92.9 Å². The molecule has 35 heavy (non-hydrogen) atoms. The van der Waals surface area contributed by atoms with Crippen molar-refractivity contribution in [1.29, 1.82) is 0 Å². The topological polar surface area (TPSA) is 217 Å². The molecular formula is C21H38O14. The third-order valence-corrected chi connectivity index (χ3v) is 6.61. The van der Waals surface area contributed by atoms with Gasteiger partial charge in [0.15, 0.2) is 6.29 Å². The Bertz CT molecular complexity index is 639. The van der Waals surface area contributed by atoms with E-state index in [9.17, 15) is 40.9 Å². The zero-order valence-corrected chi connectivity index (χ0v) is 19.6. The molecule has 0 aliphatic carbocycles. The van der Waals surface area contributed by atoms with E-state index in [1.54, 1.807) is 0 Å². The summed E-state index contributed by atoms with van der Waals surface area (Å²) in [6, 6.07) is 0. The van der Waals surface area contributed by atoms with Gasteiger partial charge in [0.2, 0.25) is 6.29 Å². The van der Waals surface area contributed by atoms with Crippen molar-refractivity contribution in [2.45, 2.75) is 119 Å². The van der Waals surface area contributed by atoms with Gasteiger partial charge >= 0.3 is 0 Å². The summed E-state index contributed by atoms with van der Waals surface area (Å²) in [5, 5.41) is 79.9.